The lowest BCUT2D eigenvalue weighted by atomic mass is 10.1. The molecule has 0 unspecified atom stereocenters. The van der Waals surface area contributed by atoms with E-state index >= 15 is 0 Å². The van der Waals surface area contributed by atoms with Gasteiger partial charge in [-0.1, -0.05) is 0 Å². The van der Waals surface area contributed by atoms with Crippen molar-refractivity contribution in [1.82, 2.24) is 0 Å². The van der Waals surface area contributed by atoms with Gasteiger partial charge in [0.2, 0.25) is 0 Å². The topological polar surface area (TPSA) is 112 Å². The minimum Gasteiger partial charge on any atom is -0.493 e. The number of hydrogen-bond donors (Lipinski definition) is 2. The molecule has 0 aliphatic heterocycles. The van der Waals surface area contributed by atoms with Crippen molar-refractivity contribution < 1.29 is 33.3 Å². The van der Waals surface area contributed by atoms with Crippen molar-refractivity contribution in [2.45, 2.75) is 6.92 Å². The van der Waals surface area contributed by atoms with E-state index < -0.39 is 6.16 Å². The average molecular weight is 464 g/mol. The summed E-state index contributed by atoms with van der Waals surface area (Å²) < 4.78 is 20.1. The Morgan fingerprint density at radius 1 is 0.706 bits per heavy atom. The van der Waals surface area contributed by atoms with Crippen LogP contribution in [0, 0.1) is 0 Å². The summed E-state index contributed by atoms with van der Waals surface area (Å²) in [5.74, 6) is 0.589. The molecule has 3 aromatic carbocycles. The molecule has 3 rings (SSSR count). The van der Waals surface area contributed by atoms with Gasteiger partial charge in [0.05, 0.1) is 20.8 Å². The van der Waals surface area contributed by atoms with Crippen molar-refractivity contribution in [2.75, 3.05) is 31.5 Å². The molecule has 176 valence electrons. The molecular weight excluding hydrogens is 440 g/mol. The van der Waals surface area contributed by atoms with E-state index in [2.05, 4.69) is 10.6 Å². The highest BCUT2D eigenvalue weighted by Gasteiger charge is 2.12. The molecule has 0 atom stereocenters. The molecule has 0 aromatic heterocycles. The van der Waals surface area contributed by atoms with Gasteiger partial charge in [-0.15, -0.1) is 0 Å². The Bertz CT molecular complexity index is 1160. The Morgan fingerprint density at radius 3 is 1.76 bits per heavy atom. The molecule has 9 nitrogen and oxygen atoms in total. The van der Waals surface area contributed by atoms with E-state index in [-0.39, 0.29) is 24.2 Å². The Kier molecular flexibility index (Phi) is 8.07. The van der Waals surface area contributed by atoms with Gasteiger partial charge in [0.15, 0.2) is 11.5 Å². The van der Waals surface area contributed by atoms with Crippen LogP contribution in [-0.4, -0.2) is 38.8 Å². The molecule has 0 fully saturated rings. The van der Waals surface area contributed by atoms with Crippen LogP contribution in [0.4, 0.5) is 16.2 Å². The van der Waals surface area contributed by atoms with E-state index in [9.17, 15) is 14.4 Å². The number of hydrogen-bond acceptors (Lipinski definition) is 7. The van der Waals surface area contributed by atoms with E-state index in [1.807, 2.05) is 0 Å². The first-order chi connectivity index (χ1) is 16.4. The minimum absolute atomic E-state index is 0.206. The summed E-state index contributed by atoms with van der Waals surface area (Å²) in [6, 6.07) is 17.6. The van der Waals surface area contributed by atoms with Gasteiger partial charge in [0, 0.05) is 22.5 Å². The van der Waals surface area contributed by atoms with E-state index in [1.54, 1.807) is 49.4 Å². The van der Waals surface area contributed by atoms with Gasteiger partial charge in [-0.2, -0.15) is 0 Å². The molecule has 3 aromatic rings. The van der Waals surface area contributed by atoms with Gasteiger partial charge in [-0.05, 0) is 73.7 Å². The Morgan fingerprint density at radius 2 is 1.24 bits per heavy atom. The Balaban J connectivity index is 1.58. The number of carbonyl (C=O) groups excluding carboxylic acids is 3. The third-order valence-corrected chi connectivity index (χ3v) is 4.63. The summed E-state index contributed by atoms with van der Waals surface area (Å²) in [6.45, 7) is 1.88. The summed E-state index contributed by atoms with van der Waals surface area (Å²) in [6.07, 6.45) is -0.807. The van der Waals surface area contributed by atoms with Crippen LogP contribution >= 0.6 is 0 Å². The maximum Gasteiger partial charge on any atom is 0.513 e. The normalized spacial score (nSPS) is 10.1. The van der Waals surface area contributed by atoms with Crippen LogP contribution < -0.4 is 24.8 Å². The van der Waals surface area contributed by atoms with Gasteiger partial charge >= 0.3 is 6.16 Å². The second-order valence-corrected chi connectivity index (χ2v) is 6.86. The largest absolute Gasteiger partial charge is 0.513 e. The molecule has 0 heterocycles. The Hall–Kier alpha value is -4.53. The number of anilines is 2. The van der Waals surface area contributed by atoms with E-state index in [0.717, 1.165) is 0 Å². The highest BCUT2D eigenvalue weighted by atomic mass is 16.7. The number of benzene rings is 3. The zero-order chi connectivity index (χ0) is 24.5. The predicted octanol–water partition coefficient (Wildman–Crippen LogP) is 4.74. The van der Waals surface area contributed by atoms with Gasteiger partial charge in [0.1, 0.15) is 5.75 Å². The zero-order valence-corrected chi connectivity index (χ0v) is 18.9. The van der Waals surface area contributed by atoms with Crippen LogP contribution in [0.15, 0.2) is 66.7 Å². The van der Waals surface area contributed by atoms with Crippen LogP contribution in [0.3, 0.4) is 0 Å². The van der Waals surface area contributed by atoms with Crippen molar-refractivity contribution in [1.29, 1.82) is 0 Å². The van der Waals surface area contributed by atoms with Gasteiger partial charge in [0.25, 0.3) is 11.8 Å². The van der Waals surface area contributed by atoms with Gasteiger partial charge in [-0.3, -0.25) is 9.59 Å². The fourth-order valence-electron chi connectivity index (χ4n) is 2.94. The number of methoxy groups -OCH3 is 2. The van der Waals surface area contributed by atoms with Crippen LogP contribution in [-0.2, 0) is 4.74 Å². The van der Waals surface area contributed by atoms with E-state index in [0.29, 0.717) is 34.0 Å². The van der Waals surface area contributed by atoms with Crippen LogP contribution in [0.5, 0.6) is 17.2 Å². The van der Waals surface area contributed by atoms with Crippen LogP contribution in [0.25, 0.3) is 0 Å². The summed E-state index contributed by atoms with van der Waals surface area (Å²) in [5.41, 5.74) is 1.88. The maximum atomic E-state index is 12.5. The second kappa shape index (κ2) is 11.4. The number of rotatable bonds is 8. The second-order valence-electron chi connectivity index (χ2n) is 6.86. The van der Waals surface area contributed by atoms with E-state index in [1.165, 1.54) is 38.5 Å². The zero-order valence-electron chi connectivity index (χ0n) is 18.9. The number of amides is 2. The first-order valence-corrected chi connectivity index (χ1v) is 10.3. The molecular formula is C25H24N2O7. The monoisotopic (exact) mass is 464 g/mol. The van der Waals surface area contributed by atoms with Crippen molar-refractivity contribution in [3.05, 3.63) is 77.9 Å². The average Bonchev–Trinajstić information content (AvgIpc) is 2.85. The lowest BCUT2D eigenvalue weighted by molar-refractivity contribution is 0.101. The number of ether oxygens (including phenoxy) is 4. The van der Waals surface area contributed by atoms with Crippen molar-refractivity contribution in [3.8, 4) is 17.2 Å². The SMILES string of the molecule is CCOC(=O)Oc1ccc(C(=O)Nc2ccc(NC(=O)c3ccc(OC)c(OC)c3)cc2)cc1. The molecule has 0 spiro atoms. The number of nitrogens with one attached hydrogen (secondary N) is 2. The molecule has 0 radical (unpaired) electrons. The highest BCUT2D eigenvalue weighted by Crippen LogP contribution is 2.28. The first-order valence-electron chi connectivity index (χ1n) is 10.3. The molecule has 0 saturated carbocycles. The lowest BCUT2D eigenvalue weighted by Gasteiger charge is -2.11. The van der Waals surface area contributed by atoms with Crippen LogP contribution in [0.1, 0.15) is 27.6 Å². The van der Waals surface area contributed by atoms with Gasteiger partial charge in [-0.25, -0.2) is 4.79 Å². The summed E-state index contributed by atoms with van der Waals surface area (Å²) in [4.78, 5) is 36.4. The maximum absolute atomic E-state index is 12.5. The predicted molar refractivity (Wildman–Crippen MR) is 126 cm³/mol. The molecule has 34 heavy (non-hydrogen) atoms. The summed E-state index contributed by atoms with van der Waals surface area (Å²) in [7, 11) is 3.02. The fraction of sp³-hybridized carbons (Fsp3) is 0.160. The smallest absolute Gasteiger partial charge is 0.493 e. The van der Waals surface area contributed by atoms with Crippen molar-refractivity contribution in [3.63, 3.8) is 0 Å². The Labute approximate surface area is 196 Å². The third kappa shape index (κ3) is 6.26. The molecule has 0 bridgehead atoms. The molecule has 2 amide bonds. The minimum atomic E-state index is -0.807. The highest BCUT2D eigenvalue weighted by molar-refractivity contribution is 6.06. The molecule has 0 saturated heterocycles. The van der Waals surface area contributed by atoms with E-state index in [4.69, 9.17) is 18.9 Å². The quantitative estimate of drug-likeness (QED) is 0.366. The van der Waals surface area contributed by atoms with Gasteiger partial charge < -0.3 is 29.6 Å². The molecule has 2 N–H and O–H groups in total. The van der Waals surface area contributed by atoms with Crippen molar-refractivity contribution in [2.24, 2.45) is 0 Å². The molecule has 0 aliphatic rings. The first kappa shape index (κ1) is 24.1. The standard InChI is InChI=1S/C25H24N2O7/c1-4-33-25(30)34-20-12-5-16(6-13-20)23(28)26-18-8-10-19(11-9-18)27-24(29)17-7-14-21(31-2)22(15-17)32-3/h5-15H,4H2,1-3H3,(H,26,28)(H,27,29). The fourth-order valence-corrected chi connectivity index (χ4v) is 2.94. The van der Waals surface area contributed by atoms with Crippen molar-refractivity contribution >= 4 is 29.3 Å². The summed E-state index contributed by atoms with van der Waals surface area (Å²) >= 11 is 0. The van der Waals surface area contributed by atoms with Crippen LogP contribution in [0.2, 0.25) is 0 Å². The summed E-state index contributed by atoms with van der Waals surface area (Å²) in [5, 5.41) is 5.55. The molecule has 0 aliphatic carbocycles. The third-order valence-electron chi connectivity index (χ3n) is 4.63. The number of carbonyl (C=O) groups is 3. The lowest BCUT2D eigenvalue weighted by Crippen LogP contribution is -2.13. The molecule has 9 heteroatoms.